The van der Waals surface area contributed by atoms with Crippen LogP contribution in [0, 0.1) is 11.7 Å². The van der Waals surface area contributed by atoms with Crippen molar-refractivity contribution in [1.82, 2.24) is 4.31 Å². The number of benzene rings is 1. The first-order valence-corrected chi connectivity index (χ1v) is 7.29. The molecule has 0 amide bonds. The topological polar surface area (TPSA) is 57.6 Å². The predicted molar refractivity (Wildman–Crippen MR) is 64.9 cm³/mol. The van der Waals surface area contributed by atoms with E-state index in [-0.39, 0.29) is 17.4 Å². The zero-order valence-electron chi connectivity index (χ0n) is 10.1. The van der Waals surface area contributed by atoms with Gasteiger partial charge in [-0.3, -0.25) is 0 Å². The first-order chi connectivity index (χ1) is 8.48. The molecule has 0 saturated carbocycles. The van der Waals surface area contributed by atoms with Crippen molar-refractivity contribution in [1.29, 1.82) is 0 Å². The fourth-order valence-corrected chi connectivity index (χ4v) is 4.12. The molecule has 2 rings (SSSR count). The molecule has 1 fully saturated rings. The Labute approximate surface area is 106 Å². The van der Waals surface area contributed by atoms with E-state index in [9.17, 15) is 17.9 Å². The Kier molecular flexibility index (Phi) is 3.70. The van der Waals surface area contributed by atoms with Crippen LogP contribution in [0.4, 0.5) is 4.39 Å². The molecule has 0 bridgehead atoms. The van der Waals surface area contributed by atoms with Crippen LogP contribution in [0.1, 0.15) is 13.3 Å². The van der Waals surface area contributed by atoms with Crippen LogP contribution >= 0.6 is 0 Å². The van der Waals surface area contributed by atoms with Crippen LogP contribution in [-0.4, -0.2) is 37.0 Å². The SMILES string of the molecule is CC1CCN(S(=O)(=O)c2ccccc2F)C1CO. The van der Waals surface area contributed by atoms with E-state index in [4.69, 9.17) is 0 Å². The van der Waals surface area contributed by atoms with E-state index in [2.05, 4.69) is 0 Å². The summed E-state index contributed by atoms with van der Waals surface area (Å²) in [4.78, 5) is -0.322. The normalized spacial score (nSPS) is 25.5. The number of rotatable bonds is 3. The second kappa shape index (κ2) is 4.95. The second-order valence-electron chi connectivity index (χ2n) is 4.56. The van der Waals surface area contributed by atoms with Gasteiger partial charge < -0.3 is 5.11 Å². The Balaban J connectivity index is 2.41. The molecule has 100 valence electrons. The van der Waals surface area contributed by atoms with E-state index in [1.54, 1.807) is 0 Å². The standard InChI is InChI=1S/C12H16FNO3S/c1-9-6-7-14(11(9)8-15)18(16,17)12-5-3-2-4-10(12)13/h2-5,9,11,15H,6-8H2,1H3. The predicted octanol–water partition coefficient (Wildman–Crippen LogP) is 1.22. The summed E-state index contributed by atoms with van der Waals surface area (Å²) in [5.74, 6) is -0.676. The molecule has 2 atom stereocenters. The summed E-state index contributed by atoms with van der Waals surface area (Å²) in [6.45, 7) is 1.97. The summed E-state index contributed by atoms with van der Waals surface area (Å²) in [5, 5.41) is 9.29. The van der Waals surface area contributed by atoms with Crippen molar-refractivity contribution < 1.29 is 17.9 Å². The van der Waals surface area contributed by atoms with Crippen LogP contribution in [0.15, 0.2) is 29.2 Å². The Hall–Kier alpha value is -0.980. The molecule has 1 aromatic rings. The van der Waals surface area contributed by atoms with Gasteiger partial charge in [0.2, 0.25) is 10.0 Å². The van der Waals surface area contributed by atoms with Gasteiger partial charge in [0.25, 0.3) is 0 Å². The number of hydrogen-bond donors (Lipinski definition) is 1. The highest BCUT2D eigenvalue weighted by Gasteiger charge is 2.40. The summed E-state index contributed by atoms with van der Waals surface area (Å²) < 4.78 is 39.5. The summed E-state index contributed by atoms with van der Waals surface area (Å²) in [5.41, 5.74) is 0. The molecule has 1 saturated heterocycles. The smallest absolute Gasteiger partial charge is 0.246 e. The zero-order chi connectivity index (χ0) is 13.3. The van der Waals surface area contributed by atoms with Gasteiger partial charge in [-0.05, 0) is 24.5 Å². The van der Waals surface area contributed by atoms with Crippen molar-refractivity contribution in [3.63, 3.8) is 0 Å². The van der Waals surface area contributed by atoms with Crippen molar-refractivity contribution in [3.8, 4) is 0 Å². The Morgan fingerprint density at radius 3 is 2.72 bits per heavy atom. The average Bonchev–Trinajstić information content (AvgIpc) is 2.71. The lowest BCUT2D eigenvalue weighted by Gasteiger charge is -2.24. The number of sulfonamides is 1. The van der Waals surface area contributed by atoms with Crippen LogP contribution in [0.3, 0.4) is 0 Å². The van der Waals surface area contributed by atoms with Gasteiger partial charge in [-0.25, -0.2) is 12.8 Å². The molecule has 2 unspecified atom stereocenters. The second-order valence-corrected chi connectivity index (χ2v) is 6.42. The maximum Gasteiger partial charge on any atom is 0.246 e. The van der Waals surface area contributed by atoms with E-state index in [0.717, 1.165) is 6.07 Å². The van der Waals surface area contributed by atoms with Gasteiger partial charge >= 0.3 is 0 Å². The lowest BCUT2D eigenvalue weighted by Crippen LogP contribution is -2.40. The third-order valence-electron chi connectivity index (χ3n) is 3.44. The number of hydrogen-bond acceptors (Lipinski definition) is 3. The number of aliphatic hydroxyl groups excluding tert-OH is 1. The van der Waals surface area contributed by atoms with Crippen molar-refractivity contribution >= 4 is 10.0 Å². The molecule has 0 radical (unpaired) electrons. The molecule has 1 aliphatic rings. The summed E-state index contributed by atoms with van der Waals surface area (Å²) in [7, 11) is -3.87. The van der Waals surface area contributed by atoms with Gasteiger partial charge in [-0.1, -0.05) is 19.1 Å². The average molecular weight is 273 g/mol. The minimum Gasteiger partial charge on any atom is -0.395 e. The van der Waals surface area contributed by atoms with Crippen LogP contribution in [0.5, 0.6) is 0 Å². The summed E-state index contributed by atoms with van der Waals surface area (Å²) >= 11 is 0. The van der Waals surface area contributed by atoms with Gasteiger partial charge in [0.15, 0.2) is 0 Å². The first kappa shape index (κ1) is 13.5. The highest BCUT2D eigenvalue weighted by molar-refractivity contribution is 7.89. The lowest BCUT2D eigenvalue weighted by molar-refractivity contribution is 0.191. The van der Waals surface area contributed by atoms with Crippen LogP contribution in [0.2, 0.25) is 0 Å². The fourth-order valence-electron chi connectivity index (χ4n) is 2.32. The number of nitrogens with zero attached hydrogens (tertiary/aromatic N) is 1. The fraction of sp³-hybridized carbons (Fsp3) is 0.500. The molecule has 6 heteroatoms. The molecular formula is C12H16FNO3S. The first-order valence-electron chi connectivity index (χ1n) is 5.85. The quantitative estimate of drug-likeness (QED) is 0.900. The van der Waals surface area contributed by atoms with Crippen LogP contribution in [0.25, 0.3) is 0 Å². The van der Waals surface area contributed by atoms with Crippen molar-refractivity contribution in [2.75, 3.05) is 13.2 Å². The molecule has 1 N–H and O–H groups in total. The number of aliphatic hydroxyl groups is 1. The Morgan fingerprint density at radius 1 is 1.44 bits per heavy atom. The molecular weight excluding hydrogens is 257 g/mol. The molecule has 18 heavy (non-hydrogen) atoms. The molecule has 0 spiro atoms. The van der Waals surface area contributed by atoms with E-state index < -0.39 is 21.9 Å². The van der Waals surface area contributed by atoms with E-state index >= 15 is 0 Å². The monoisotopic (exact) mass is 273 g/mol. The zero-order valence-corrected chi connectivity index (χ0v) is 10.9. The van der Waals surface area contributed by atoms with Crippen molar-refractivity contribution in [3.05, 3.63) is 30.1 Å². The highest BCUT2D eigenvalue weighted by Crippen LogP contribution is 2.30. The van der Waals surface area contributed by atoms with E-state index in [1.807, 2.05) is 6.92 Å². The van der Waals surface area contributed by atoms with Crippen molar-refractivity contribution in [2.24, 2.45) is 5.92 Å². The summed E-state index contributed by atoms with van der Waals surface area (Å²) in [6, 6.07) is 4.85. The lowest BCUT2D eigenvalue weighted by atomic mass is 10.0. The highest BCUT2D eigenvalue weighted by atomic mass is 32.2. The largest absolute Gasteiger partial charge is 0.395 e. The van der Waals surface area contributed by atoms with Gasteiger partial charge in [0.1, 0.15) is 10.7 Å². The molecule has 0 aromatic heterocycles. The van der Waals surface area contributed by atoms with Gasteiger partial charge in [-0.15, -0.1) is 0 Å². The molecule has 0 aliphatic carbocycles. The van der Waals surface area contributed by atoms with E-state index in [1.165, 1.54) is 22.5 Å². The number of halogens is 1. The maximum atomic E-state index is 13.6. The van der Waals surface area contributed by atoms with Crippen molar-refractivity contribution in [2.45, 2.75) is 24.3 Å². The minimum absolute atomic E-state index is 0.0801. The van der Waals surface area contributed by atoms with Crippen LogP contribution < -0.4 is 0 Å². The van der Waals surface area contributed by atoms with Gasteiger partial charge in [0.05, 0.1) is 12.6 Å². The van der Waals surface area contributed by atoms with Gasteiger partial charge in [0, 0.05) is 6.54 Å². The van der Waals surface area contributed by atoms with Crippen LogP contribution in [-0.2, 0) is 10.0 Å². The molecule has 1 aliphatic heterocycles. The Morgan fingerprint density at radius 2 is 2.11 bits per heavy atom. The maximum absolute atomic E-state index is 13.6. The Bertz CT molecular complexity index is 532. The minimum atomic E-state index is -3.87. The van der Waals surface area contributed by atoms with Gasteiger partial charge in [-0.2, -0.15) is 4.31 Å². The molecule has 1 aromatic carbocycles. The third kappa shape index (κ3) is 2.15. The molecule has 1 heterocycles. The molecule has 4 nitrogen and oxygen atoms in total. The summed E-state index contributed by atoms with van der Waals surface area (Å²) in [6.07, 6.45) is 0.679. The third-order valence-corrected chi connectivity index (χ3v) is 5.40. The van der Waals surface area contributed by atoms with E-state index in [0.29, 0.717) is 13.0 Å².